The Balaban J connectivity index is 1.79. The molecular weight excluding hydrogens is 250 g/mol. The summed E-state index contributed by atoms with van der Waals surface area (Å²) in [6, 6.07) is 3.49. The highest BCUT2D eigenvalue weighted by Crippen LogP contribution is 2.17. The zero-order chi connectivity index (χ0) is 13.7. The monoisotopic (exact) mass is 266 g/mol. The number of rotatable bonds is 6. The van der Waals surface area contributed by atoms with Crippen LogP contribution in [-0.2, 0) is 6.42 Å². The van der Waals surface area contributed by atoms with Gasteiger partial charge in [0.2, 0.25) is 0 Å². The first-order valence-corrected chi connectivity index (χ1v) is 6.19. The van der Waals surface area contributed by atoms with Crippen LogP contribution in [-0.4, -0.2) is 21.7 Å². The Morgan fingerprint density at radius 3 is 2.89 bits per heavy atom. The molecule has 2 aromatic rings. The lowest BCUT2D eigenvalue weighted by Crippen LogP contribution is -2.21. The van der Waals surface area contributed by atoms with Crippen LogP contribution in [0.25, 0.3) is 0 Å². The maximum atomic E-state index is 13.5. The molecule has 6 heteroatoms. The van der Waals surface area contributed by atoms with Crippen molar-refractivity contribution in [1.82, 2.24) is 20.5 Å². The second-order valence-corrected chi connectivity index (χ2v) is 4.38. The Kier molecular flexibility index (Phi) is 4.57. The molecule has 0 fully saturated rings. The number of H-pyrrole nitrogens is 1. The van der Waals surface area contributed by atoms with Gasteiger partial charge in [-0.05, 0) is 26.0 Å². The molecule has 1 heterocycles. The van der Waals surface area contributed by atoms with Crippen molar-refractivity contribution in [3.8, 4) is 0 Å². The normalized spacial score (nSPS) is 12.6. The molecule has 0 aliphatic rings. The van der Waals surface area contributed by atoms with Crippen molar-refractivity contribution in [2.45, 2.75) is 25.8 Å². The lowest BCUT2D eigenvalue weighted by atomic mass is 10.1. The molecular formula is C13H16F2N4. The average molecular weight is 266 g/mol. The van der Waals surface area contributed by atoms with Gasteiger partial charge in [0.15, 0.2) is 0 Å². The van der Waals surface area contributed by atoms with E-state index in [9.17, 15) is 8.78 Å². The second-order valence-electron chi connectivity index (χ2n) is 4.38. The molecule has 1 unspecified atom stereocenters. The van der Waals surface area contributed by atoms with E-state index in [2.05, 4.69) is 20.5 Å². The highest BCUT2D eigenvalue weighted by atomic mass is 19.1. The molecule has 0 spiro atoms. The number of aromatic nitrogens is 3. The third kappa shape index (κ3) is 3.82. The maximum Gasteiger partial charge on any atom is 0.137 e. The van der Waals surface area contributed by atoms with Crippen molar-refractivity contribution >= 4 is 0 Å². The summed E-state index contributed by atoms with van der Waals surface area (Å²) in [5, 5.41) is 9.74. The average Bonchev–Trinajstić information content (AvgIpc) is 2.87. The Hall–Kier alpha value is -1.82. The number of aryl methyl sites for hydroxylation is 1. The summed E-state index contributed by atoms with van der Waals surface area (Å²) in [5.41, 5.74) is 0.473. The number of nitrogens with one attached hydrogen (secondary N) is 2. The van der Waals surface area contributed by atoms with Gasteiger partial charge in [-0.15, -0.1) is 0 Å². The molecule has 4 nitrogen and oxygen atoms in total. The third-order valence-electron chi connectivity index (χ3n) is 2.93. The first-order valence-electron chi connectivity index (χ1n) is 6.19. The summed E-state index contributed by atoms with van der Waals surface area (Å²) in [6.45, 7) is 2.57. The van der Waals surface area contributed by atoms with Crippen LogP contribution in [0, 0.1) is 11.6 Å². The van der Waals surface area contributed by atoms with Gasteiger partial charge in [0.1, 0.15) is 23.8 Å². The van der Waals surface area contributed by atoms with Gasteiger partial charge in [0.25, 0.3) is 0 Å². The van der Waals surface area contributed by atoms with E-state index in [0.717, 1.165) is 31.3 Å². The zero-order valence-electron chi connectivity index (χ0n) is 10.7. The van der Waals surface area contributed by atoms with Crippen molar-refractivity contribution in [2.24, 2.45) is 0 Å². The van der Waals surface area contributed by atoms with E-state index in [-0.39, 0.29) is 6.04 Å². The Morgan fingerprint density at radius 1 is 1.37 bits per heavy atom. The van der Waals surface area contributed by atoms with Crippen molar-refractivity contribution in [1.29, 1.82) is 0 Å². The molecule has 0 saturated heterocycles. The molecule has 1 aromatic carbocycles. The first-order chi connectivity index (χ1) is 9.16. The number of halogens is 2. The number of hydrogen-bond acceptors (Lipinski definition) is 3. The molecule has 0 aliphatic carbocycles. The van der Waals surface area contributed by atoms with Gasteiger partial charge < -0.3 is 5.32 Å². The molecule has 0 bridgehead atoms. The third-order valence-corrected chi connectivity index (χ3v) is 2.93. The Labute approximate surface area is 110 Å². The maximum absolute atomic E-state index is 13.5. The van der Waals surface area contributed by atoms with Crippen LogP contribution in [0.4, 0.5) is 8.78 Å². The predicted molar refractivity (Wildman–Crippen MR) is 67.5 cm³/mol. The molecule has 0 amide bonds. The fraction of sp³-hybridized carbons (Fsp3) is 0.385. The molecule has 2 N–H and O–H groups in total. The molecule has 0 radical (unpaired) electrons. The zero-order valence-corrected chi connectivity index (χ0v) is 10.7. The van der Waals surface area contributed by atoms with Gasteiger partial charge in [-0.2, -0.15) is 5.10 Å². The molecule has 2 rings (SSSR count). The van der Waals surface area contributed by atoms with Crippen molar-refractivity contribution in [3.05, 3.63) is 47.5 Å². The lowest BCUT2D eigenvalue weighted by molar-refractivity contribution is 0.511. The quantitative estimate of drug-likeness (QED) is 0.789. The smallest absolute Gasteiger partial charge is 0.137 e. The molecule has 1 atom stereocenters. The fourth-order valence-electron chi connectivity index (χ4n) is 1.89. The van der Waals surface area contributed by atoms with Crippen LogP contribution >= 0.6 is 0 Å². The second kappa shape index (κ2) is 6.38. The van der Waals surface area contributed by atoms with E-state index >= 15 is 0 Å². The van der Waals surface area contributed by atoms with Crippen LogP contribution in [0.1, 0.15) is 30.8 Å². The minimum atomic E-state index is -0.557. The van der Waals surface area contributed by atoms with Gasteiger partial charge in [0, 0.05) is 24.1 Å². The standard InChI is InChI=1S/C13H16F2N4/c1-9(11-5-4-10(14)7-12(11)15)16-6-2-3-13-17-8-18-19-13/h4-5,7-9,16H,2-3,6H2,1H3,(H,17,18,19). The number of benzene rings is 1. The molecule has 1 aromatic heterocycles. The summed E-state index contributed by atoms with van der Waals surface area (Å²) in [6.07, 6.45) is 3.12. The fourth-order valence-corrected chi connectivity index (χ4v) is 1.89. The van der Waals surface area contributed by atoms with Crippen LogP contribution in [0.15, 0.2) is 24.5 Å². The van der Waals surface area contributed by atoms with Crippen molar-refractivity contribution in [3.63, 3.8) is 0 Å². The summed E-state index contributed by atoms with van der Waals surface area (Å²) in [4.78, 5) is 4.02. The SMILES string of the molecule is CC(NCCCc1ncn[nH]1)c1ccc(F)cc1F. The van der Waals surface area contributed by atoms with Gasteiger partial charge in [0.05, 0.1) is 0 Å². The molecule has 0 aliphatic heterocycles. The van der Waals surface area contributed by atoms with Crippen molar-refractivity contribution < 1.29 is 8.78 Å². The van der Waals surface area contributed by atoms with Crippen LogP contribution in [0.2, 0.25) is 0 Å². The summed E-state index contributed by atoms with van der Waals surface area (Å²) in [5.74, 6) is -0.239. The van der Waals surface area contributed by atoms with Gasteiger partial charge >= 0.3 is 0 Å². The van der Waals surface area contributed by atoms with E-state index in [1.54, 1.807) is 0 Å². The van der Waals surface area contributed by atoms with E-state index in [1.165, 1.54) is 18.5 Å². The Morgan fingerprint density at radius 2 is 2.21 bits per heavy atom. The minimum Gasteiger partial charge on any atom is -0.310 e. The number of aromatic amines is 1. The highest BCUT2D eigenvalue weighted by molar-refractivity contribution is 5.21. The van der Waals surface area contributed by atoms with E-state index in [4.69, 9.17) is 0 Å². The van der Waals surface area contributed by atoms with E-state index in [0.29, 0.717) is 5.56 Å². The van der Waals surface area contributed by atoms with E-state index in [1.807, 2.05) is 6.92 Å². The van der Waals surface area contributed by atoms with Crippen LogP contribution < -0.4 is 5.32 Å². The predicted octanol–water partition coefficient (Wildman–Crippen LogP) is 2.37. The summed E-state index contributed by atoms with van der Waals surface area (Å²) < 4.78 is 26.3. The van der Waals surface area contributed by atoms with Gasteiger partial charge in [-0.25, -0.2) is 13.8 Å². The molecule has 102 valence electrons. The largest absolute Gasteiger partial charge is 0.310 e. The van der Waals surface area contributed by atoms with Gasteiger partial charge in [-0.3, -0.25) is 5.10 Å². The molecule has 0 saturated carbocycles. The lowest BCUT2D eigenvalue weighted by Gasteiger charge is -2.14. The molecule has 19 heavy (non-hydrogen) atoms. The summed E-state index contributed by atoms with van der Waals surface area (Å²) in [7, 11) is 0. The number of nitrogens with zero attached hydrogens (tertiary/aromatic N) is 2. The van der Waals surface area contributed by atoms with Gasteiger partial charge in [-0.1, -0.05) is 6.07 Å². The Bertz CT molecular complexity index is 513. The summed E-state index contributed by atoms with van der Waals surface area (Å²) >= 11 is 0. The van der Waals surface area contributed by atoms with Crippen molar-refractivity contribution in [2.75, 3.05) is 6.54 Å². The number of hydrogen-bond donors (Lipinski definition) is 2. The van der Waals surface area contributed by atoms with Crippen LogP contribution in [0.3, 0.4) is 0 Å². The highest BCUT2D eigenvalue weighted by Gasteiger charge is 2.10. The van der Waals surface area contributed by atoms with Crippen LogP contribution in [0.5, 0.6) is 0 Å². The topological polar surface area (TPSA) is 53.6 Å². The minimum absolute atomic E-state index is 0.157. The van der Waals surface area contributed by atoms with E-state index < -0.39 is 11.6 Å². The first kappa shape index (κ1) is 13.6.